The van der Waals surface area contributed by atoms with E-state index in [4.69, 9.17) is 17.1 Å². The summed E-state index contributed by atoms with van der Waals surface area (Å²) in [5.74, 6) is -0.826. The fourth-order valence-electron chi connectivity index (χ4n) is 3.07. The second kappa shape index (κ2) is 10.2. The van der Waals surface area contributed by atoms with Gasteiger partial charge in [0.1, 0.15) is 0 Å². The molecule has 0 spiro atoms. The van der Waals surface area contributed by atoms with Gasteiger partial charge in [-0.3, -0.25) is 0 Å². The Morgan fingerprint density at radius 3 is 2.25 bits per heavy atom. The smallest absolute Gasteiger partial charge is 0.359 e. The minimum Gasteiger partial charge on any atom is -0.359 e. The van der Waals surface area contributed by atoms with Crippen molar-refractivity contribution in [3.63, 3.8) is 0 Å². The molecular weight excluding hydrogens is 420 g/mol. The molecule has 0 N–H and O–H groups in total. The van der Waals surface area contributed by atoms with Crippen molar-refractivity contribution in [3.8, 4) is 0 Å². The number of benzene rings is 1. The topological polar surface area (TPSA) is 105 Å². The van der Waals surface area contributed by atoms with Gasteiger partial charge in [0.2, 0.25) is 0 Å². The first-order valence-corrected chi connectivity index (χ1v) is 12.7. The van der Waals surface area contributed by atoms with Crippen LogP contribution in [0, 0.1) is 5.92 Å². The van der Waals surface area contributed by atoms with E-state index in [1.165, 1.54) is 24.6 Å². The SMILES string of the molecule is [N-]=[N+]=C(S(=O)(=O)CC=Cc1ccccc1Cl)S(=O)(=O)CC=CC1CCCCC1. The Morgan fingerprint density at radius 1 is 1.04 bits per heavy atom. The number of hydrogen-bond acceptors (Lipinski definition) is 4. The number of sulfone groups is 2. The van der Waals surface area contributed by atoms with Gasteiger partial charge in [-0.1, -0.05) is 73.4 Å². The molecule has 1 aromatic carbocycles. The normalized spacial score (nSPS) is 16.5. The number of hydrogen-bond donors (Lipinski definition) is 0. The second-order valence-corrected chi connectivity index (χ2v) is 11.2. The average molecular weight is 443 g/mol. The quantitative estimate of drug-likeness (QED) is 0.219. The van der Waals surface area contributed by atoms with E-state index in [0.717, 1.165) is 25.7 Å². The van der Waals surface area contributed by atoms with Crippen LogP contribution in [0.2, 0.25) is 5.02 Å². The number of rotatable bonds is 6. The Kier molecular flexibility index (Phi) is 8.19. The fraction of sp³-hybridized carbons (Fsp3) is 0.421. The summed E-state index contributed by atoms with van der Waals surface area (Å²) in [7, 11) is -8.59. The third-order valence-electron chi connectivity index (χ3n) is 4.51. The molecule has 6 nitrogen and oxygen atoms in total. The van der Waals surface area contributed by atoms with Crippen LogP contribution in [0.5, 0.6) is 0 Å². The highest BCUT2D eigenvalue weighted by Gasteiger charge is 2.39. The second-order valence-electron chi connectivity index (χ2n) is 6.68. The first-order chi connectivity index (χ1) is 13.3. The maximum Gasteiger partial charge on any atom is 0.495 e. The van der Waals surface area contributed by atoms with E-state index in [0.29, 0.717) is 16.5 Å². The Balaban J connectivity index is 2.07. The van der Waals surface area contributed by atoms with Crippen LogP contribution < -0.4 is 0 Å². The first kappa shape index (κ1) is 22.6. The minimum atomic E-state index is -4.32. The van der Waals surface area contributed by atoms with E-state index in [1.807, 2.05) is 6.08 Å². The lowest BCUT2D eigenvalue weighted by molar-refractivity contribution is 0.00385. The number of halogens is 1. The van der Waals surface area contributed by atoms with Gasteiger partial charge < -0.3 is 5.53 Å². The highest BCUT2D eigenvalue weighted by Crippen LogP contribution is 2.24. The summed E-state index contributed by atoms with van der Waals surface area (Å²) in [5.41, 5.74) is 9.66. The predicted octanol–water partition coefficient (Wildman–Crippen LogP) is 3.91. The fourth-order valence-corrected chi connectivity index (χ4v) is 6.48. The molecule has 0 amide bonds. The van der Waals surface area contributed by atoms with Crippen LogP contribution in [0.4, 0.5) is 0 Å². The minimum absolute atomic E-state index is 0.314. The summed E-state index contributed by atoms with van der Waals surface area (Å²) in [4.78, 5) is 2.59. The van der Waals surface area contributed by atoms with Gasteiger partial charge in [-0.25, -0.2) is 16.8 Å². The van der Waals surface area contributed by atoms with Crippen LogP contribution in [0.15, 0.2) is 42.5 Å². The molecule has 9 heteroatoms. The van der Waals surface area contributed by atoms with E-state index in [1.54, 1.807) is 24.3 Å². The maximum atomic E-state index is 12.4. The van der Waals surface area contributed by atoms with Crippen molar-refractivity contribution in [1.82, 2.24) is 0 Å². The highest BCUT2D eigenvalue weighted by atomic mass is 35.5. The van der Waals surface area contributed by atoms with Gasteiger partial charge in [0, 0.05) is 5.02 Å². The predicted molar refractivity (Wildman–Crippen MR) is 112 cm³/mol. The van der Waals surface area contributed by atoms with Crippen LogP contribution >= 0.6 is 11.6 Å². The monoisotopic (exact) mass is 442 g/mol. The van der Waals surface area contributed by atoms with Gasteiger partial charge in [0.15, 0.2) is 0 Å². The molecule has 0 aromatic heterocycles. The Labute approximate surface area is 171 Å². The molecule has 0 saturated heterocycles. The third-order valence-corrected chi connectivity index (χ3v) is 8.86. The molecule has 1 aliphatic rings. The zero-order valence-corrected chi connectivity index (χ0v) is 17.8. The summed E-state index contributed by atoms with van der Waals surface area (Å²) >= 11 is 5.99. The summed E-state index contributed by atoms with van der Waals surface area (Å²) < 4.78 is 48.3. The van der Waals surface area contributed by atoms with Crippen molar-refractivity contribution in [2.75, 3.05) is 11.5 Å². The van der Waals surface area contributed by atoms with Crippen molar-refractivity contribution >= 4 is 41.7 Å². The van der Waals surface area contributed by atoms with Crippen molar-refractivity contribution in [3.05, 3.63) is 58.6 Å². The van der Waals surface area contributed by atoms with Crippen LogP contribution in [0.1, 0.15) is 37.7 Å². The molecule has 1 saturated carbocycles. The lowest BCUT2D eigenvalue weighted by Crippen LogP contribution is -2.29. The maximum absolute atomic E-state index is 12.4. The van der Waals surface area contributed by atoms with Crippen molar-refractivity contribution in [1.29, 1.82) is 0 Å². The van der Waals surface area contributed by atoms with E-state index < -0.39 is 35.6 Å². The van der Waals surface area contributed by atoms with Crippen molar-refractivity contribution in [2.45, 2.75) is 32.1 Å². The van der Waals surface area contributed by atoms with Crippen molar-refractivity contribution < 1.29 is 21.6 Å². The largest absolute Gasteiger partial charge is 0.495 e. The van der Waals surface area contributed by atoms with Crippen LogP contribution in [0.3, 0.4) is 0 Å². The lowest BCUT2D eigenvalue weighted by atomic mass is 9.89. The van der Waals surface area contributed by atoms with Gasteiger partial charge in [-0.2, -0.15) is 0 Å². The molecule has 0 heterocycles. The molecule has 0 aliphatic heterocycles. The summed E-state index contributed by atoms with van der Waals surface area (Å²) in [6.45, 7) is 0. The number of nitrogens with zero attached hydrogens (tertiary/aromatic N) is 2. The number of allylic oxidation sites excluding steroid dienone is 1. The molecule has 0 radical (unpaired) electrons. The van der Waals surface area contributed by atoms with Crippen LogP contribution in [-0.2, 0) is 19.7 Å². The molecule has 1 aromatic rings. The summed E-state index contributed by atoms with van der Waals surface area (Å²) in [6.07, 6.45) is 11.4. The van der Waals surface area contributed by atoms with Gasteiger partial charge in [0.25, 0.3) is 19.7 Å². The first-order valence-electron chi connectivity index (χ1n) is 9.01. The Bertz CT molecular complexity index is 1000. The molecule has 152 valence electrons. The Hall–Kier alpha value is -1.73. The van der Waals surface area contributed by atoms with Gasteiger partial charge in [-0.15, -0.1) is 4.79 Å². The van der Waals surface area contributed by atoms with Gasteiger partial charge >= 0.3 is 4.38 Å². The van der Waals surface area contributed by atoms with Crippen molar-refractivity contribution in [2.24, 2.45) is 5.92 Å². The highest BCUT2D eigenvalue weighted by molar-refractivity contribution is 8.31. The lowest BCUT2D eigenvalue weighted by Gasteiger charge is -2.17. The van der Waals surface area contributed by atoms with E-state index >= 15 is 0 Å². The van der Waals surface area contributed by atoms with Gasteiger partial charge in [-0.05, 0) is 30.4 Å². The van der Waals surface area contributed by atoms with Crippen LogP contribution in [-0.4, -0.2) is 37.5 Å². The zero-order chi connectivity index (χ0) is 20.6. The van der Waals surface area contributed by atoms with E-state index in [9.17, 15) is 16.8 Å². The summed E-state index contributed by atoms with van der Waals surface area (Å²) in [6, 6.07) is 6.82. The third kappa shape index (κ3) is 6.41. The molecule has 2 rings (SSSR count). The molecule has 1 fully saturated rings. The zero-order valence-electron chi connectivity index (χ0n) is 15.4. The molecule has 0 unspecified atom stereocenters. The molecular formula is C19H23ClN2O4S2. The molecule has 1 aliphatic carbocycles. The standard InChI is InChI=1S/C19H23ClN2O4S2/c20-18-13-5-4-11-17(18)12-7-15-28(25,26)19(22-21)27(23,24)14-6-10-16-8-2-1-3-9-16/h4-7,10-13,16H,1-3,8-9,14-15H2. The molecule has 0 bridgehead atoms. The van der Waals surface area contributed by atoms with E-state index in [2.05, 4.69) is 4.79 Å². The van der Waals surface area contributed by atoms with E-state index in [-0.39, 0.29) is 0 Å². The molecule has 0 atom stereocenters. The average Bonchev–Trinajstić information content (AvgIpc) is 2.64. The Morgan fingerprint density at radius 2 is 1.64 bits per heavy atom. The summed E-state index contributed by atoms with van der Waals surface area (Å²) in [5, 5.41) is 0.438. The molecule has 28 heavy (non-hydrogen) atoms. The van der Waals surface area contributed by atoms with Crippen LogP contribution in [0.25, 0.3) is 11.6 Å². The van der Waals surface area contributed by atoms with Gasteiger partial charge in [0.05, 0.1) is 11.5 Å².